The van der Waals surface area contributed by atoms with Crippen molar-refractivity contribution in [3.05, 3.63) is 29.3 Å². The summed E-state index contributed by atoms with van der Waals surface area (Å²) in [5.74, 6) is 2.67. The molecule has 114 valence electrons. The van der Waals surface area contributed by atoms with Gasteiger partial charge in [-0.1, -0.05) is 0 Å². The molecule has 1 spiro atoms. The fraction of sp³-hybridized carbons (Fsp3) is 0.588. The molecule has 21 heavy (non-hydrogen) atoms. The second kappa shape index (κ2) is 6.01. The van der Waals surface area contributed by atoms with Gasteiger partial charge in [0.2, 0.25) is 0 Å². The van der Waals surface area contributed by atoms with Gasteiger partial charge >= 0.3 is 0 Å². The van der Waals surface area contributed by atoms with Crippen molar-refractivity contribution in [1.82, 2.24) is 0 Å². The molecule has 1 aromatic carbocycles. The van der Waals surface area contributed by atoms with E-state index in [1.54, 1.807) is 0 Å². The largest absolute Gasteiger partial charge is 0.399 e. The number of nitrogens with two attached hydrogens (primary N) is 1. The third kappa shape index (κ3) is 3.11. The number of Topliss-reactive ketones (excluding diaryl/α,β-unsaturated/α-hetero) is 1. The van der Waals surface area contributed by atoms with Crippen LogP contribution in [0.25, 0.3) is 0 Å². The Morgan fingerprint density at radius 1 is 1.38 bits per heavy atom. The van der Waals surface area contributed by atoms with Crippen molar-refractivity contribution in [2.75, 3.05) is 23.8 Å². The molecule has 2 aliphatic rings. The molecule has 0 aromatic heterocycles. The highest BCUT2D eigenvalue weighted by Crippen LogP contribution is 2.40. The van der Waals surface area contributed by atoms with Gasteiger partial charge in [0.15, 0.2) is 5.78 Å². The topological polar surface area (TPSA) is 52.3 Å². The molecule has 2 N–H and O–H groups in total. The molecule has 0 radical (unpaired) electrons. The summed E-state index contributed by atoms with van der Waals surface area (Å²) in [5, 5.41) is 0. The number of benzene rings is 1. The Bertz CT molecular complexity index is 532. The summed E-state index contributed by atoms with van der Waals surface area (Å²) in [6.07, 6.45) is 3.90. The molecule has 4 heteroatoms. The number of aryl methyl sites for hydroxylation is 1. The van der Waals surface area contributed by atoms with Crippen LogP contribution in [-0.2, 0) is 4.74 Å². The first-order valence-electron chi connectivity index (χ1n) is 7.72. The number of hydrogen-bond donors (Lipinski definition) is 1. The molecule has 3 rings (SSSR count). The van der Waals surface area contributed by atoms with Crippen LogP contribution in [-0.4, -0.2) is 29.5 Å². The van der Waals surface area contributed by atoms with Crippen molar-refractivity contribution in [2.24, 2.45) is 5.92 Å². The van der Waals surface area contributed by atoms with Gasteiger partial charge in [0.1, 0.15) is 0 Å². The zero-order chi connectivity index (χ0) is 14.9. The van der Waals surface area contributed by atoms with E-state index in [0.717, 1.165) is 60.6 Å². The van der Waals surface area contributed by atoms with Gasteiger partial charge in [0.05, 0.1) is 5.60 Å². The number of rotatable bonds is 2. The SMILES string of the molecule is Cc1cc(C(=O)C2CCOC3(CCSCC3)C2)ccc1N. The molecule has 2 fully saturated rings. The maximum absolute atomic E-state index is 12.8. The molecule has 2 saturated heterocycles. The number of hydrogen-bond acceptors (Lipinski definition) is 4. The van der Waals surface area contributed by atoms with Crippen LogP contribution in [0.15, 0.2) is 18.2 Å². The Morgan fingerprint density at radius 3 is 2.86 bits per heavy atom. The fourth-order valence-electron chi connectivity index (χ4n) is 3.41. The maximum Gasteiger partial charge on any atom is 0.166 e. The third-order valence-electron chi connectivity index (χ3n) is 4.82. The van der Waals surface area contributed by atoms with Gasteiger partial charge in [-0.05, 0) is 67.9 Å². The van der Waals surface area contributed by atoms with Crippen molar-refractivity contribution in [3.63, 3.8) is 0 Å². The average Bonchev–Trinajstić information content (AvgIpc) is 2.50. The summed E-state index contributed by atoms with van der Waals surface area (Å²) in [7, 11) is 0. The molecule has 0 bridgehead atoms. The van der Waals surface area contributed by atoms with E-state index in [1.165, 1.54) is 0 Å². The van der Waals surface area contributed by atoms with Crippen LogP contribution in [0.5, 0.6) is 0 Å². The summed E-state index contributed by atoms with van der Waals surface area (Å²) in [6.45, 7) is 2.67. The first-order chi connectivity index (χ1) is 10.1. The molecule has 1 unspecified atom stereocenters. The van der Waals surface area contributed by atoms with Crippen LogP contribution in [0.1, 0.15) is 41.6 Å². The van der Waals surface area contributed by atoms with Crippen molar-refractivity contribution in [1.29, 1.82) is 0 Å². The predicted molar refractivity (Wildman–Crippen MR) is 87.9 cm³/mol. The third-order valence-corrected chi connectivity index (χ3v) is 5.81. The molecule has 2 aliphatic heterocycles. The van der Waals surface area contributed by atoms with Gasteiger partial charge < -0.3 is 10.5 Å². The molecule has 0 amide bonds. The predicted octanol–water partition coefficient (Wildman–Crippen LogP) is 3.45. The number of thioether (sulfide) groups is 1. The first-order valence-corrected chi connectivity index (χ1v) is 8.87. The monoisotopic (exact) mass is 305 g/mol. The van der Waals surface area contributed by atoms with Crippen LogP contribution in [0.2, 0.25) is 0 Å². The van der Waals surface area contributed by atoms with E-state index in [1.807, 2.05) is 36.9 Å². The van der Waals surface area contributed by atoms with E-state index in [9.17, 15) is 4.79 Å². The Morgan fingerprint density at radius 2 is 2.14 bits per heavy atom. The van der Waals surface area contributed by atoms with Gasteiger partial charge in [-0.3, -0.25) is 4.79 Å². The smallest absolute Gasteiger partial charge is 0.166 e. The summed E-state index contributed by atoms with van der Waals surface area (Å²) < 4.78 is 6.08. The number of carbonyl (C=O) groups is 1. The Kier molecular flexibility index (Phi) is 4.27. The second-order valence-corrected chi connectivity index (χ2v) is 7.49. The molecule has 0 aliphatic carbocycles. The lowest BCUT2D eigenvalue weighted by atomic mass is 9.78. The van der Waals surface area contributed by atoms with Crippen LogP contribution in [0, 0.1) is 12.8 Å². The Hall–Kier alpha value is -1.00. The minimum Gasteiger partial charge on any atom is -0.399 e. The number of carbonyl (C=O) groups excluding carboxylic acids is 1. The first kappa shape index (κ1) is 14.9. The Labute approximate surface area is 130 Å². The van der Waals surface area contributed by atoms with Gasteiger partial charge in [-0.25, -0.2) is 0 Å². The lowest BCUT2D eigenvalue weighted by Crippen LogP contribution is -2.44. The molecular formula is C17H23NO2S. The molecule has 2 heterocycles. The summed E-state index contributed by atoms with van der Waals surface area (Å²) >= 11 is 1.99. The van der Waals surface area contributed by atoms with Crippen molar-refractivity contribution in [2.45, 2.75) is 38.2 Å². The number of nitrogen functional groups attached to an aromatic ring is 1. The lowest BCUT2D eigenvalue weighted by molar-refractivity contribution is -0.0959. The molecule has 0 saturated carbocycles. The van der Waals surface area contributed by atoms with Crippen molar-refractivity contribution in [3.8, 4) is 0 Å². The quantitative estimate of drug-likeness (QED) is 0.671. The molecule has 1 aromatic rings. The Balaban J connectivity index is 1.76. The highest BCUT2D eigenvalue weighted by molar-refractivity contribution is 7.99. The van der Waals surface area contributed by atoms with E-state index < -0.39 is 0 Å². The van der Waals surface area contributed by atoms with E-state index in [2.05, 4.69) is 0 Å². The zero-order valence-corrected chi connectivity index (χ0v) is 13.4. The molecule has 1 atom stereocenters. The van der Waals surface area contributed by atoms with Crippen LogP contribution in [0.3, 0.4) is 0 Å². The van der Waals surface area contributed by atoms with Crippen LogP contribution in [0.4, 0.5) is 5.69 Å². The highest BCUT2D eigenvalue weighted by atomic mass is 32.2. The van der Waals surface area contributed by atoms with Gasteiger partial charge in [-0.2, -0.15) is 11.8 Å². The minimum absolute atomic E-state index is 0.0350. The standard InChI is InChI=1S/C17H23NO2S/c1-12-10-13(2-3-15(12)18)16(19)14-4-7-20-17(11-14)5-8-21-9-6-17/h2-3,10,14H,4-9,11,18H2,1H3. The minimum atomic E-state index is -0.0350. The van der Waals surface area contributed by atoms with Gasteiger partial charge in [0.25, 0.3) is 0 Å². The van der Waals surface area contributed by atoms with Gasteiger partial charge in [-0.15, -0.1) is 0 Å². The summed E-state index contributed by atoms with van der Waals surface area (Å²) in [5.41, 5.74) is 8.34. The summed E-state index contributed by atoms with van der Waals surface area (Å²) in [4.78, 5) is 12.8. The normalized spacial score (nSPS) is 24.9. The highest BCUT2D eigenvalue weighted by Gasteiger charge is 2.41. The van der Waals surface area contributed by atoms with Crippen molar-refractivity contribution >= 4 is 23.2 Å². The van der Waals surface area contributed by atoms with Crippen LogP contribution >= 0.6 is 11.8 Å². The van der Waals surface area contributed by atoms with Crippen molar-refractivity contribution < 1.29 is 9.53 Å². The number of ketones is 1. The maximum atomic E-state index is 12.8. The average molecular weight is 305 g/mol. The second-order valence-electron chi connectivity index (χ2n) is 6.27. The van der Waals surface area contributed by atoms with Crippen LogP contribution < -0.4 is 5.73 Å². The van der Waals surface area contributed by atoms with E-state index in [4.69, 9.17) is 10.5 Å². The lowest BCUT2D eigenvalue weighted by Gasteiger charge is -2.43. The van der Waals surface area contributed by atoms with Gasteiger partial charge in [0, 0.05) is 23.8 Å². The molecular weight excluding hydrogens is 282 g/mol. The fourth-order valence-corrected chi connectivity index (χ4v) is 4.64. The van der Waals surface area contributed by atoms with E-state index in [-0.39, 0.29) is 17.3 Å². The van der Waals surface area contributed by atoms with E-state index in [0.29, 0.717) is 0 Å². The number of ether oxygens (including phenoxy) is 1. The number of anilines is 1. The summed E-state index contributed by atoms with van der Waals surface area (Å²) in [6, 6.07) is 5.63. The zero-order valence-electron chi connectivity index (χ0n) is 12.6. The molecule has 3 nitrogen and oxygen atoms in total. The van der Waals surface area contributed by atoms with E-state index >= 15 is 0 Å².